The number of aromatic nitrogens is 1. The smallest absolute Gasteiger partial charge is 0.264 e. The lowest BCUT2D eigenvalue weighted by atomic mass is 10.3. The topological polar surface area (TPSA) is 55.6 Å². The van der Waals surface area contributed by atoms with Crippen LogP contribution >= 0.6 is 23.4 Å². The van der Waals surface area contributed by atoms with Gasteiger partial charge in [0.2, 0.25) is 0 Å². The minimum Gasteiger partial charge on any atom is -0.497 e. The molecule has 1 N–H and O–H groups in total. The van der Waals surface area contributed by atoms with Gasteiger partial charge in [0.15, 0.2) is 5.17 Å². The van der Waals surface area contributed by atoms with Crippen LogP contribution in [0.25, 0.3) is 11.8 Å². The molecule has 140 valence electrons. The highest BCUT2D eigenvalue weighted by Crippen LogP contribution is 2.29. The number of carbonyl (C=O) groups is 1. The molecule has 0 bridgehead atoms. The van der Waals surface area contributed by atoms with Crippen LogP contribution in [0.3, 0.4) is 0 Å². The van der Waals surface area contributed by atoms with E-state index >= 15 is 0 Å². The van der Waals surface area contributed by atoms with E-state index in [0.717, 1.165) is 17.1 Å². The monoisotopic (exact) mass is 409 g/mol. The maximum absolute atomic E-state index is 12.4. The van der Waals surface area contributed by atoms with Gasteiger partial charge in [-0.05, 0) is 72.4 Å². The minimum atomic E-state index is -0.173. The molecule has 1 aromatic heterocycles. The number of halogens is 1. The minimum absolute atomic E-state index is 0.173. The highest BCUT2D eigenvalue weighted by atomic mass is 35.5. The quantitative estimate of drug-likeness (QED) is 0.615. The number of methoxy groups -OCH3 is 1. The molecule has 0 spiro atoms. The Bertz CT molecular complexity index is 1090. The zero-order valence-corrected chi connectivity index (χ0v) is 16.5. The number of nitrogens with zero attached hydrogens (tertiary/aromatic N) is 2. The number of rotatable bonds is 4. The Morgan fingerprint density at radius 2 is 1.96 bits per heavy atom. The molecule has 3 aromatic rings. The fraction of sp³-hybridized carbons (Fsp3) is 0.0476. The summed E-state index contributed by atoms with van der Waals surface area (Å²) in [4.78, 5) is 17.4. The second-order valence-electron chi connectivity index (χ2n) is 5.96. The van der Waals surface area contributed by atoms with Crippen LogP contribution in [-0.2, 0) is 4.79 Å². The van der Waals surface area contributed by atoms with Gasteiger partial charge in [-0.15, -0.1) is 0 Å². The van der Waals surface area contributed by atoms with Crippen LogP contribution in [0, 0.1) is 0 Å². The number of carbonyl (C=O) groups excluding carboxylic acids is 1. The molecule has 0 aliphatic carbocycles. The number of ether oxygens (including phenoxy) is 1. The van der Waals surface area contributed by atoms with E-state index in [1.54, 1.807) is 19.2 Å². The first kappa shape index (κ1) is 18.4. The Morgan fingerprint density at radius 3 is 2.71 bits per heavy atom. The lowest BCUT2D eigenvalue weighted by Gasteiger charge is -2.08. The van der Waals surface area contributed by atoms with E-state index in [1.165, 1.54) is 11.8 Å². The molecule has 0 unspecified atom stereocenters. The number of amidine groups is 1. The van der Waals surface area contributed by atoms with Gasteiger partial charge < -0.3 is 14.6 Å². The molecule has 1 fully saturated rings. The number of hydrogen-bond acceptors (Lipinski definition) is 4. The molecule has 28 heavy (non-hydrogen) atoms. The number of benzene rings is 2. The van der Waals surface area contributed by atoms with Gasteiger partial charge in [0.25, 0.3) is 5.91 Å². The first-order chi connectivity index (χ1) is 13.6. The predicted molar refractivity (Wildman–Crippen MR) is 115 cm³/mol. The zero-order valence-electron chi connectivity index (χ0n) is 14.9. The summed E-state index contributed by atoms with van der Waals surface area (Å²) < 4.78 is 7.21. The van der Waals surface area contributed by atoms with E-state index in [1.807, 2.05) is 65.4 Å². The van der Waals surface area contributed by atoms with Gasteiger partial charge in [-0.25, -0.2) is 4.99 Å². The van der Waals surface area contributed by atoms with Crippen molar-refractivity contribution >= 4 is 46.2 Å². The summed E-state index contributed by atoms with van der Waals surface area (Å²) >= 11 is 7.29. The summed E-state index contributed by atoms with van der Waals surface area (Å²) in [5, 5.41) is 3.93. The van der Waals surface area contributed by atoms with Crippen molar-refractivity contribution in [2.45, 2.75) is 0 Å². The summed E-state index contributed by atoms with van der Waals surface area (Å²) in [5.74, 6) is 0.622. The summed E-state index contributed by atoms with van der Waals surface area (Å²) in [6, 6.07) is 18.8. The van der Waals surface area contributed by atoms with Crippen LogP contribution in [0.4, 0.5) is 5.69 Å². The molecule has 4 rings (SSSR count). The van der Waals surface area contributed by atoms with Crippen molar-refractivity contribution in [2.75, 3.05) is 7.11 Å². The van der Waals surface area contributed by atoms with Crippen LogP contribution in [-0.4, -0.2) is 22.8 Å². The fourth-order valence-electron chi connectivity index (χ4n) is 2.77. The van der Waals surface area contributed by atoms with Crippen LogP contribution < -0.4 is 10.1 Å². The maximum Gasteiger partial charge on any atom is 0.264 e. The standard InChI is InChI=1S/C21H16ClN3O2S/c1-27-18-9-7-16(8-10-18)25-11-3-6-17(25)13-19-20(26)24-21(28-19)23-15-5-2-4-14(22)12-15/h2-13H,1H3,(H,23,24,26)/b19-13-. The van der Waals surface area contributed by atoms with Crippen molar-refractivity contribution in [3.63, 3.8) is 0 Å². The maximum atomic E-state index is 12.4. The summed E-state index contributed by atoms with van der Waals surface area (Å²) in [7, 11) is 1.64. The van der Waals surface area contributed by atoms with Crippen molar-refractivity contribution in [1.29, 1.82) is 0 Å². The summed E-state index contributed by atoms with van der Waals surface area (Å²) in [5.41, 5.74) is 2.57. The number of hydrogen-bond donors (Lipinski definition) is 1. The molecule has 5 nitrogen and oxygen atoms in total. The number of aliphatic imine (C=N–C) groups is 1. The average molecular weight is 410 g/mol. The molecule has 1 aliphatic heterocycles. The van der Waals surface area contributed by atoms with Crippen molar-refractivity contribution in [3.8, 4) is 11.4 Å². The van der Waals surface area contributed by atoms with Crippen LogP contribution in [0.5, 0.6) is 5.75 Å². The van der Waals surface area contributed by atoms with E-state index in [0.29, 0.717) is 20.8 Å². The molecule has 1 aliphatic rings. The Balaban J connectivity index is 1.60. The van der Waals surface area contributed by atoms with Crippen LogP contribution in [0.15, 0.2) is 76.8 Å². The summed E-state index contributed by atoms with van der Waals surface area (Å²) in [6.07, 6.45) is 3.80. The molecule has 0 radical (unpaired) electrons. The number of thioether (sulfide) groups is 1. The van der Waals surface area contributed by atoms with Gasteiger partial charge in [0, 0.05) is 22.6 Å². The lowest BCUT2D eigenvalue weighted by Crippen LogP contribution is -2.19. The molecule has 0 saturated carbocycles. The van der Waals surface area contributed by atoms with Gasteiger partial charge in [0.05, 0.1) is 17.7 Å². The third-order valence-electron chi connectivity index (χ3n) is 4.10. The van der Waals surface area contributed by atoms with Crippen molar-refractivity contribution in [2.24, 2.45) is 4.99 Å². The van der Waals surface area contributed by atoms with Gasteiger partial charge in [-0.2, -0.15) is 0 Å². The van der Waals surface area contributed by atoms with E-state index in [2.05, 4.69) is 10.3 Å². The number of amides is 1. The molecule has 1 amide bonds. The third kappa shape index (κ3) is 3.98. The second kappa shape index (κ2) is 7.96. The Hall–Kier alpha value is -2.96. The molecular weight excluding hydrogens is 394 g/mol. The molecule has 1 saturated heterocycles. The highest BCUT2D eigenvalue weighted by molar-refractivity contribution is 8.18. The van der Waals surface area contributed by atoms with Crippen LogP contribution in [0.1, 0.15) is 5.69 Å². The van der Waals surface area contributed by atoms with Crippen molar-refractivity contribution in [1.82, 2.24) is 9.88 Å². The Kier molecular flexibility index (Phi) is 5.23. The summed E-state index contributed by atoms with van der Waals surface area (Å²) in [6.45, 7) is 0. The van der Waals surface area contributed by atoms with Gasteiger partial charge in [-0.3, -0.25) is 4.79 Å². The van der Waals surface area contributed by atoms with E-state index in [4.69, 9.17) is 16.3 Å². The zero-order chi connectivity index (χ0) is 19.5. The Labute approximate surface area is 171 Å². The van der Waals surface area contributed by atoms with E-state index in [9.17, 15) is 4.79 Å². The fourth-order valence-corrected chi connectivity index (χ4v) is 3.78. The molecular formula is C21H16ClN3O2S. The van der Waals surface area contributed by atoms with E-state index in [-0.39, 0.29) is 5.91 Å². The molecule has 2 aromatic carbocycles. The van der Waals surface area contributed by atoms with Crippen molar-refractivity contribution < 1.29 is 9.53 Å². The van der Waals surface area contributed by atoms with E-state index < -0.39 is 0 Å². The van der Waals surface area contributed by atoms with Crippen LogP contribution in [0.2, 0.25) is 5.02 Å². The molecule has 0 atom stereocenters. The third-order valence-corrected chi connectivity index (χ3v) is 5.24. The normalized spacial score (nSPS) is 16.6. The SMILES string of the molecule is COc1ccc(-n2cccc2/C=C2\SC(=Nc3cccc(Cl)c3)NC2=O)cc1. The molecule has 2 heterocycles. The second-order valence-corrected chi connectivity index (χ2v) is 7.43. The van der Waals surface area contributed by atoms with Crippen molar-refractivity contribution in [3.05, 3.63) is 82.5 Å². The molecule has 7 heteroatoms. The average Bonchev–Trinajstić information content (AvgIpc) is 3.29. The number of nitrogens with one attached hydrogen (secondary N) is 1. The highest BCUT2D eigenvalue weighted by Gasteiger charge is 2.24. The first-order valence-corrected chi connectivity index (χ1v) is 9.69. The predicted octanol–water partition coefficient (Wildman–Crippen LogP) is 5.03. The van der Waals surface area contributed by atoms with Gasteiger partial charge >= 0.3 is 0 Å². The van der Waals surface area contributed by atoms with Gasteiger partial charge in [-0.1, -0.05) is 17.7 Å². The largest absolute Gasteiger partial charge is 0.497 e. The first-order valence-electron chi connectivity index (χ1n) is 8.49. The Morgan fingerprint density at radius 1 is 1.14 bits per heavy atom. The lowest BCUT2D eigenvalue weighted by molar-refractivity contribution is -0.115. The van der Waals surface area contributed by atoms with Gasteiger partial charge in [0.1, 0.15) is 5.75 Å².